The molecule has 7 nitrogen and oxygen atoms in total. The molecule has 5 bridgehead atoms. The molecule has 0 aromatic heterocycles. The molecule has 6 unspecified atom stereocenters. The van der Waals surface area contributed by atoms with Crippen LogP contribution in [0.3, 0.4) is 0 Å². The lowest BCUT2D eigenvalue weighted by atomic mass is 9.68. The highest BCUT2D eigenvalue weighted by Gasteiger charge is 2.69. The maximum Gasteiger partial charge on any atom is 0.203 e. The zero-order valence-corrected chi connectivity index (χ0v) is 17.9. The number of hydrogen-bond donors (Lipinski definition) is 0. The van der Waals surface area contributed by atoms with E-state index in [1.54, 1.807) is 28.4 Å². The maximum atomic E-state index is 6.45. The summed E-state index contributed by atoms with van der Waals surface area (Å²) in [6.45, 7) is 2.40. The number of hydrogen-bond acceptors (Lipinski definition) is 7. The van der Waals surface area contributed by atoms with Crippen LogP contribution in [-0.2, 0) is 14.9 Å². The standard InChI is InChI=1S/C23H28N2O5/c1-26-6-5-12-10-25-16-9-23-18(25)7-13(12)14(16)11-30-22(23)24-15-8-17(27-2)20(28-3)21(29-4)19(15)23/h5,8,13-14,16,18H,6-7,9-11H2,1-4H3. The van der Waals surface area contributed by atoms with Gasteiger partial charge in [-0.15, -0.1) is 0 Å². The number of aliphatic imine (C=N–C) groups is 1. The molecule has 30 heavy (non-hydrogen) atoms. The van der Waals surface area contributed by atoms with E-state index < -0.39 is 0 Å². The molecule has 0 radical (unpaired) electrons. The van der Waals surface area contributed by atoms with Crippen LogP contribution in [0.1, 0.15) is 18.4 Å². The third-order valence-electron chi connectivity index (χ3n) is 8.04. The van der Waals surface area contributed by atoms with E-state index in [4.69, 9.17) is 28.7 Å². The van der Waals surface area contributed by atoms with Gasteiger partial charge in [0.05, 0.1) is 45.6 Å². The van der Waals surface area contributed by atoms with Gasteiger partial charge in [-0.05, 0) is 18.8 Å². The van der Waals surface area contributed by atoms with E-state index in [9.17, 15) is 0 Å². The van der Waals surface area contributed by atoms with Crippen molar-refractivity contribution in [2.45, 2.75) is 30.3 Å². The van der Waals surface area contributed by atoms with E-state index in [-0.39, 0.29) is 5.41 Å². The Hall–Kier alpha value is -2.25. The first-order chi connectivity index (χ1) is 14.7. The molecule has 0 N–H and O–H groups in total. The summed E-state index contributed by atoms with van der Waals surface area (Å²) < 4.78 is 29.0. The fourth-order valence-electron chi connectivity index (χ4n) is 6.94. The predicted octanol–water partition coefficient (Wildman–Crippen LogP) is 2.69. The Balaban J connectivity index is 1.53. The van der Waals surface area contributed by atoms with Gasteiger partial charge in [0.25, 0.3) is 0 Å². The van der Waals surface area contributed by atoms with Crippen molar-refractivity contribution in [3.63, 3.8) is 0 Å². The van der Waals surface area contributed by atoms with E-state index in [1.807, 2.05) is 6.07 Å². The van der Waals surface area contributed by atoms with Crippen LogP contribution in [0.25, 0.3) is 0 Å². The monoisotopic (exact) mass is 412 g/mol. The van der Waals surface area contributed by atoms with Gasteiger partial charge in [0, 0.05) is 43.3 Å². The average molecular weight is 412 g/mol. The predicted molar refractivity (Wildman–Crippen MR) is 111 cm³/mol. The first kappa shape index (κ1) is 18.5. The van der Waals surface area contributed by atoms with E-state index >= 15 is 0 Å². The number of fused-ring (bicyclic) bond motifs is 2. The summed E-state index contributed by atoms with van der Waals surface area (Å²) in [5.41, 5.74) is 3.23. The number of methoxy groups -OCH3 is 4. The van der Waals surface area contributed by atoms with Crippen molar-refractivity contribution in [3.05, 3.63) is 23.3 Å². The van der Waals surface area contributed by atoms with Gasteiger partial charge in [-0.1, -0.05) is 11.6 Å². The minimum Gasteiger partial charge on any atom is -0.493 e. The molecule has 6 heterocycles. The Labute approximate surface area is 176 Å². The van der Waals surface area contributed by atoms with E-state index in [0.29, 0.717) is 48.6 Å². The van der Waals surface area contributed by atoms with Crippen LogP contribution < -0.4 is 14.2 Å². The molecule has 5 saturated heterocycles. The van der Waals surface area contributed by atoms with Crippen molar-refractivity contribution in [1.82, 2.24) is 4.90 Å². The van der Waals surface area contributed by atoms with Crippen molar-refractivity contribution in [3.8, 4) is 17.2 Å². The van der Waals surface area contributed by atoms with E-state index in [1.165, 1.54) is 5.57 Å². The lowest BCUT2D eigenvalue weighted by Crippen LogP contribution is -2.61. The number of rotatable bonds is 5. The normalized spacial score (nSPS) is 38.1. The van der Waals surface area contributed by atoms with Gasteiger partial charge < -0.3 is 23.7 Å². The quantitative estimate of drug-likeness (QED) is 0.693. The molecule has 6 atom stereocenters. The fourth-order valence-corrected chi connectivity index (χ4v) is 6.94. The highest BCUT2D eigenvalue weighted by atomic mass is 16.5. The molecule has 0 saturated carbocycles. The number of benzene rings is 1. The van der Waals surface area contributed by atoms with Crippen molar-refractivity contribution in [2.75, 3.05) is 48.2 Å². The third-order valence-corrected chi connectivity index (χ3v) is 8.04. The second-order valence-electron chi connectivity index (χ2n) is 8.94. The molecular formula is C23H28N2O5. The molecule has 6 aliphatic heterocycles. The number of nitrogens with zero attached hydrogens (tertiary/aromatic N) is 2. The van der Waals surface area contributed by atoms with Crippen LogP contribution in [0.5, 0.6) is 17.2 Å². The van der Waals surface area contributed by atoms with Crippen LogP contribution in [0.15, 0.2) is 22.7 Å². The van der Waals surface area contributed by atoms with Gasteiger partial charge in [-0.3, -0.25) is 4.90 Å². The van der Waals surface area contributed by atoms with Crippen LogP contribution >= 0.6 is 0 Å². The van der Waals surface area contributed by atoms with Gasteiger partial charge in [-0.25, -0.2) is 4.99 Å². The van der Waals surface area contributed by atoms with Crippen LogP contribution in [0.4, 0.5) is 5.69 Å². The zero-order chi connectivity index (χ0) is 20.6. The topological polar surface area (TPSA) is 61.8 Å². The average Bonchev–Trinajstić information content (AvgIpc) is 3.13. The molecular weight excluding hydrogens is 384 g/mol. The Morgan fingerprint density at radius 2 is 2.03 bits per heavy atom. The Morgan fingerprint density at radius 3 is 2.77 bits per heavy atom. The lowest BCUT2D eigenvalue weighted by molar-refractivity contribution is -0.0156. The van der Waals surface area contributed by atoms with Crippen molar-refractivity contribution < 1.29 is 23.7 Å². The number of ether oxygens (including phenoxy) is 5. The first-order valence-electron chi connectivity index (χ1n) is 10.7. The minimum absolute atomic E-state index is 0.277. The molecule has 0 amide bonds. The van der Waals surface area contributed by atoms with E-state index in [0.717, 1.165) is 42.3 Å². The van der Waals surface area contributed by atoms with Crippen LogP contribution in [0, 0.1) is 11.8 Å². The Bertz CT molecular complexity index is 973. The summed E-state index contributed by atoms with van der Waals surface area (Å²) in [7, 11) is 6.76. The fraction of sp³-hybridized carbons (Fsp3) is 0.609. The highest BCUT2D eigenvalue weighted by Crippen LogP contribution is 2.66. The van der Waals surface area contributed by atoms with Crippen LogP contribution in [0.2, 0.25) is 0 Å². The summed E-state index contributed by atoms with van der Waals surface area (Å²) in [6, 6.07) is 2.83. The lowest BCUT2D eigenvalue weighted by Gasteiger charge is -2.54. The van der Waals surface area contributed by atoms with Crippen molar-refractivity contribution >= 4 is 11.6 Å². The van der Waals surface area contributed by atoms with Gasteiger partial charge in [-0.2, -0.15) is 0 Å². The molecule has 7 rings (SSSR count). The minimum atomic E-state index is -0.277. The van der Waals surface area contributed by atoms with Crippen molar-refractivity contribution in [2.24, 2.45) is 16.8 Å². The Kier molecular flexibility index (Phi) is 3.93. The van der Waals surface area contributed by atoms with Gasteiger partial charge in [0.2, 0.25) is 11.6 Å². The molecule has 1 spiro atoms. The summed E-state index contributed by atoms with van der Waals surface area (Å²) in [6.07, 6.45) is 4.42. The molecule has 6 aliphatic rings. The van der Waals surface area contributed by atoms with E-state index in [2.05, 4.69) is 11.0 Å². The second kappa shape index (κ2) is 6.37. The molecule has 7 heteroatoms. The molecule has 160 valence electrons. The summed E-state index contributed by atoms with van der Waals surface area (Å²) in [4.78, 5) is 7.69. The van der Waals surface area contributed by atoms with Crippen molar-refractivity contribution in [1.29, 1.82) is 0 Å². The number of piperidine rings is 3. The smallest absolute Gasteiger partial charge is 0.203 e. The summed E-state index contributed by atoms with van der Waals surface area (Å²) in [5.74, 6) is 3.90. The molecule has 5 fully saturated rings. The Morgan fingerprint density at radius 1 is 1.20 bits per heavy atom. The maximum absolute atomic E-state index is 6.45. The molecule has 1 aromatic carbocycles. The second-order valence-corrected chi connectivity index (χ2v) is 8.94. The third kappa shape index (κ3) is 2.05. The summed E-state index contributed by atoms with van der Waals surface area (Å²) >= 11 is 0. The molecule has 0 aliphatic carbocycles. The van der Waals surface area contributed by atoms with Gasteiger partial charge in [0.1, 0.15) is 0 Å². The highest BCUT2D eigenvalue weighted by molar-refractivity contribution is 6.00. The largest absolute Gasteiger partial charge is 0.493 e. The van der Waals surface area contributed by atoms with Gasteiger partial charge >= 0.3 is 0 Å². The SMILES string of the molecule is COCC=C1CN2C3CC45C(=Nc6cc(OC)c(OC)c(OC)c64)OCC3C1CC25. The van der Waals surface area contributed by atoms with Gasteiger partial charge in [0.15, 0.2) is 11.5 Å². The molecule has 1 aromatic rings. The van der Waals surface area contributed by atoms with Crippen LogP contribution in [-0.4, -0.2) is 71.1 Å². The first-order valence-corrected chi connectivity index (χ1v) is 10.7. The summed E-state index contributed by atoms with van der Waals surface area (Å²) in [5, 5.41) is 0. The zero-order valence-electron chi connectivity index (χ0n) is 17.9.